The first kappa shape index (κ1) is 25.9. The van der Waals surface area contributed by atoms with Gasteiger partial charge in [-0.15, -0.1) is 0 Å². The summed E-state index contributed by atoms with van der Waals surface area (Å²) in [7, 11) is 0. The molecule has 8 rings (SSSR count). The van der Waals surface area contributed by atoms with Gasteiger partial charge in [-0.3, -0.25) is 10.1 Å². The van der Waals surface area contributed by atoms with E-state index >= 15 is 0 Å². The van der Waals surface area contributed by atoms with E-state index in [0.717, 1.165) is 44.3 Å². The van der Waals surface area contributed by atoms with Gasteiger partial charge in [0.1, 0.15) is 0 Å². The monoisotopic (exact) mass is 685 g/mol. The van der Waals surface area contributed by atoms with E-state index in [2.05, 4.69) is 138 Å². The Morgan fingerprint density at radius 2 is 0.977 bits per heavy atom. The summed E-state index contributed by atoms with van der Waals surface area (Å²) in [5.41, 5.74) is 8.62. The first-order valence-corrected chi connectivity index (χ1v) is 15.3. The topological polar surface area (TPSA) is 53.0 Å². The van der Waals surface area contributed by atoms with E-state index in [1.54, 1.807) is 12.1 Å². The number of fused-ring (bicyclic) bond motifs is 6. The molecule has 0 saturated heterocycles. The van der Waals surface area contributed by atoms with Crippen molar-refractivity contribution in [2.45, 2.75) is 0 Å². The molecule has 0 aliphatic carbocycles. The van der Waals surface area contributed by atoms with Crippen molar-refractivity contribution in [3.63, 3.8) is 0 Å². The summed E-state index contributed by atoms with van der Waals surface area (Å²) in [4.78, 5) is 11.1. The van der Waals surface area contributed by atoms with Gasteiger partial charge in [-0.25, -0.2) is 0 Å². The Balaban J connectivity index is 1.35. The molecule has 0 bridgehead atoms. The van der Waals surface area contributed by atoms with E-state index < -0.39 is 0 Å². The summed E-state index contributed by atoms with van der Waals surface area (Å²) in [5.74, 6) is 0. The fourth-order valence-electron chi connectivity index (χ4n) is 6.27. The molecule has 2 heterocycles. The zero-order valence-electron chi connectivity index (χ0n) is 22.5. The number of benzene rings is 6. The van der Waals surface area contributed by atoms with E-state index in [1.165, 1.54) is 21.8 Å². The van der Waals surface area contributed by atoms with Gasteiger partial charge in [0, 0.05) is 48.3 Å². The Hall–Kier alpha value is -4.72. The summed E-state index contributed by atoms with van der Waals surface area (Å²) < 4.78 is 5.76. The highest BCUT2D eigenvalue weighted by molar-refractivity contribution is 9.11. The Morgan fingerprint density at radius 3 is 1.53 bits per heavy atom. The van der Waals surface area contributed by atoms with Crippen LogP contribution in [0.3, 0.4) is 0 Å². The van der Waals surface area contributed by atoms with Crippen molar-refractivity contribution in [3.8, 4) is 22.5 Å². The maximum Gasteiger partial charge on any atom is 0.271 e. The Kier molecular flexibility index (Phi) is 6.00. The maximum absolute atomic E-state index is 11.5. The van der Waals surface area contributed by atoms with Gasteiger partial charge in [0.2, 0.25) is 0 Å². The van der Waals surface area contributed by atoms with Crippen LogP contribution in [0.15, 0.2) is 136 Å². The number of nitro groups is 1. The molecule has 5 nitrogen and oxygen atoms in total. The molecule has 0 aliphatic heterocycles. The minimum atomic E-state index is -0.383. The van der Waals surface area contributed by atoms with Crippen LogP contribution in [0.5, 0.6) is 0 Å². The minimum Gasteiger partial charge on any atom is -0.309 e. The second-order valence-corrected chi connectivity index (χ2v) is 12.2. The van der Waals surface area contributed by atoms with Crippen molar-refractivity contribution < 1.29 is 4.92 Å². The summed E-state index contributed by atoms with van der Waals surface area (Å²) >= 11 is 7.23. The molecule has 6 aromatic carbocycles. The maximum atomic E-state index is 11.5. The molecule has 0 aliphatic rings. The predicted octanol–water partition coefficient (Wildman–Crippen LogP) is 11.0. The van der Waals surface area contributed by atoms with Crippen LogP contribution in [0.25, 0.3) is 66.1 Å². The zero-order chi connectivity index (χ0) is 29.2. The lowest BCUT2D eigenvalue weighted by Crippen LogP contribution is -1.98. The molecule has 0 fully saturated rings. The normalized spacial score (nSPS) is 11.7. The average molecular weight is 687 g/mol. The third-order valence-electron chi connectivity index (χ3n) is 8.13. The lowest BCUT2D eigenvalue weighted by molar-refractivity contribution is -0.385. The van der Waals surface area contributed by atoms with E-state index in [0.29, 0.717) is 8.95 Å². The standard InChI is InChI=1S/C36H21Br2N3O2/c37-30-20-25(41(42)43)21-31(38)36(30)40-33-13-7-5-11-27(33)29-19-23(15-17-35(29)40)22-14-16-34-28(18-22)26-10-4-6-12-32(26)39(34)24-8-2-1-3-9-24/h1-21H. The number of non-ortho nitro benzene ring substituents is 1. The molecule has 43 heavy (non-hydrogen) atoms. The van der Waals surface area contributed by atoms with Gasteiger partial charge in [0.05, 0.1) is 32.7 Å². The summed E-state index contributed by atoms with van der Waals surface area (Å²) in [5, 5.41) is 16.1. The molecule has 0 amide bonds. The van der Waals surface area contributed by atoms with Gasteiger partial charge in [0.25, 0.3) is 5.69 Å². The van der Waals surface area contributed by atoms with Crippen LogP contribution in [-0.4, -0.2) is 14.1 Å². The lowest BCUT2D eigenvalue weighted by Gasteiger charge is -2.13. The highest BCUT2D eigenvalue weighted by Crippen LogP contribution is 2.41. The van der Waals surface area contributed by atoms with Gasteiger partial charge in [-0.1, -0.05) is 66.7 Å². The lowest BCUT2D eigenvalue weighted by atomic mass is 10.0. The first-order valence-electron chi connectivity index (χ1n) is 13.8. The third-order valence-corrected chi connectivity index (χ3v) is 9.34. The minimum absolute atomic E-state index is 0.0227. The second-order valence-electron chi connectivity index (χ2n) is 10.5. The SMILES string of the molecule is O=[N+]([O-])c1cc(Br)c(-n2c3ccccc3c3cc(-c4ccc5c(c4)c4ccccc4n5-c4ccccc4)ccc32)c(Br)c1. The van der Waals surface area contributed by atoms with Gasteiger partial charge >= 0.3 is 0 Å². The molecular weight excluding hydrogens is 666 g/mol. The molecule has 0 saturated carbocycles. The highest BCUT2D eigenvalue weighted by atomic mass is 79.9. The molecule has 0 spiro atoms. The first-order chi connectivity index (χ1) is 21.0. The fraction of sp³-hybridized carbons (Fsp3) is 0. The van der Waals surface area contributed by atoms with E-state index in [-0.39, 0.29) is 10.6 Å². The Morgan fingerprint density at radius 1 is 0.512 bits per heavy atom. The van der Waals surface area contributed by atoms with Gasteiger partial charge < -0.3 is 9.13 Å². The zero-order valence-corrected chi connectivity index (χ0v) is 25.7. The summed E-state index contributed by atoms with van der Waals surface area (Å²) in [6, 6.07) is 43.7. The van der Waals surface area contributed by atoms with E-state index in [4.69, 9.17) is 0 Å². The smallest absolute Gasteiger partial charge is 0.271 e. The van der Waals surface area contributed by atoms with Crippen molar-refractivity contribution in [2.75, 3.05) is 0 Å². The largest absolute Gasteiger partial charge is 0.309 e. The molecule has 8 aromatic rings. The number of hydrogen-bond donors (Lipinski definition) is 0. The van der Waals surface area contributed by atoms with Crippen LogP contribution in [-0.2, 0) is 0 Å². The number of rotatable bonds is 4. The van der Waals surface area contributed by atoms with Crippen molar-refractivity contribution in [1.29, 1.82) is 0 Å². The van der Waals surface area contributed by atoms with Crippen LogP contribution in [0.2, 0.25) is 0 Å². The van der Waals surface area contributed by atoms with Gasteiger partial charge in [0.15, 0.2) is 0 Å². The quantitative estimate of drug-likeness (QED) is 0.137. The summed E-state index contributed by atoms with van der Waals surface area (Å²) in [6.45, 7) is 0. The van der Waals surface area contributed by atoms with Crippen LogP contribution >= 0.6 is 31.9 Å². The Bertz CT molecular complexity index is 2380. The Labute approximate surface area is 263 Å². The van der Waals surface area contributed by atoms with Crippen LogP contribution in [0.1, 0.15) is 0 Å². The van der Waals surface area contributed by atoms with Crippen molar-refractivity contribution in [2.24, 2.45) is 0 Å². The molecule has 0 unspecified atom stereocenters. The summed E-state index contributed by atoms with van der Waals surface area (Å²) in [6.07, 6.45) is 0. The van der Waals surface area contributed by atoms with Crippen LogP contribution in [0, 0.1) is 10.1 Å². The molecule has 206 valence electrons. The molecule has 0 atom stereocenters. The number of nitro benzene ring substituents is 1. The van der Waals surface area contributed by atoms with Gasteiger partial charge in [-0.05, 0) is 91.5 Å². The molecule has 0 N–H and O–H groups in total. The van der Waals surface area contributed by atoms with Crippen LogP contribution in [0.4, 0.5) is 5.69 Å². The number of hydrogen-bond acceptors (Lipinski definition) is 2. The number of halogens is 2. The van der Waals surface area contributed by atoms with Crippen molar-refractivity contribution in [3.05, 3.63) is 146 Å². The number of para-hydroxylation sites is 3. The fourth-order valence-corrected chi connectivity index (χ4v) is 7.79. The van der Waals surface area contributed by atoms with Crippen molar-refractivity contribution in [1.82, 2.24) is 9.13 Å². The molecule has 2 aromatic heterocycles. The van der Waals surface area contributed by atoms with E-state index in [9.17, 15) is 10.1 Å². The van der Waals surface area contributed by atoms with Gasteiger partial charge in [-0.2, -0.15) is 0 Å². The predicted molar refractivity (Wildman–Crippen MR) is 183 cm³/mol. The third kappa shape index (κ3) is 4.03. The second kappa shape index (κ2) is 9.93. The molecule has 7 heteroatoms. The molecule has 0 radical (unpaired) electrons. The number of aromatic nitrogens is 2. The average Bonchev–Trinajstić information content (AvgIpc) is 3.53. The molecular formula is C36H21Br2N3O2. The van der Waals surface area contributed by atoms with Crippen LogP contribution < -0.4 is 0 Å². The van der Waals surface area contributed by atoms with E-state index in [1.807, 2.05) is 18.2 Å². The van der Waals surface area contributed by atoms with Crippen molar-refractivity contribution >= 4 is 81.2 Å². The highest BCUT2D eigenvalue weighted by Gasteiger charge is 2.20. The number of nitrogens with zero attached hydrogens (tertiary/aromatic N) is 3.